The molecule has 0 aliphatic carbocycles. The van der Waals surface area contributed by atoms with Gasteiger partial charge in [0.1, 0.15) is 12.2 Å². The van der Waals surface area contributed by atoms with Gasteiger partial charge in [-0.05, 0) is 23.7 Å². The van der Waals surface area contributed by atoms with Gasteiger partial charge < -0.3 is 59.2 Å². The molecule has 2 atom stereocenters. The molecule has 7 heteroatoms. The molecular formula is C16H30O2S4Zn. The third-order valence-corrected chi connectivity index (χ3v) is 3.54. The van der Waals surface area contributed by atoms with Gasteiger partial charge in [0.15, 0.2) is 0 Å². The van der Waals surface area contributed by atoms with Crippen LogP contribution in [-0.2, 0) is 54.2 Å². The fourth-order valence-electron chi connectivity index (χ4n) is 1.98. The van der Waals surface area contributed by atoms with Crippen molar-refractivity contribution in [2.75, 3.05) is 0 Å². The second kappa shape index (κ2) is 13.1. The summed E-state index contributed by atoms with van der Waals surface area (Å²) in [6, 6.07) is 0. The molecule has 0 bridgehead atoms. The fourth-order valence-corrected chi connectivity index (χ4v) is 2.44. The van der Waals surface area contributed by atoms with Gasteiger partial charge in [-0.15, -0.1) is 0 Å². The van der Waals surface area contributed by atoms with Gasteiger partial charge in [-0.25, -0.2) is 0 Å². The number of ether oxygens (including phenoxy) is 2. The SMILES string of the molecule is CCC(OC(=S)[S-])C(C)(C)C.CCC(OC(=S)[S-])C(C)(C)C.[Zn+2]. The van der Waals surface area contributed by atoms with E-state index in [1.54, 1.807) is 0 Å². The van der Waals surface area contributed by atoms with Gasteiger partial charge >= 0.3 is 19.5 Å². The van der Waals surface area contributed by atoms with E-state index in [9.17, 15) is 0 Å². The van der Waals surface area contributed by atoms with Crippen LogP contribution in [0.1, 0.15) is 68.2 Å². The third kappa shape index (κ3) is 16.1. The molecule has 0 radical (unpaired) electrons. The number of hydrogen-bond acceptors (Lipinski definition) is 6. The molecular weight excluding hydrogens is 418 g/mol. The van der Waals surface area contributed by atoms with Crippen molar-refractivity contribution >= 4 is 58.5 Å². The summed E-state index contributed by atoms with van der Waals surface area (Å²) in [4.78, 5) is 0. The molecule has 0 aliphatic heterocycles. The molecule has 0 spiro atoms. The molecule has 0 saturated carbocycles. The first-order valence-electron chi connectivity index (χ1n) is 7.50. The average Bonchev–Trinajstić information content (AvgIpc) is 2.30. The minimum atomic E-state index is 0. The van der Waals surface area contributed by atoms with Crippen LogP contribution in [0.3, 0.4) is 0 Å². The normalized spacial score (nSPS) is 13.6. The van der Waals surface area contributed by atoms with Gasteiger partial charge in [0.25, 0.3) is 0 Å². The second-order valence-electron chi connectivity index (χ2n) is 7.26. The van der Waals surface area contributed by atoms with E-state index in [0.717, 1.165) is 12.8 Å². The summed E-state index contributed by atoms with van der Waals surface area (Å²) in [5.41, 5.74) is 0.245. The Morgan fingerprint density at radius 1 is 0.783 bits per heavy atom. The van der Waals surface area contributed by atoms with E-state index in [1.807, 2.05) is 0 Å². The van der Waals surface area contributed by atoms with Crippen molar-refractivity contribution in [1.29, 1.82) is 0 Å². The van der Waals surface area contributed by atoms with E-state index in [0.29, 0.717) is 0 Å². The Labute approximate surface area is 177 Å². The van der Waals surface area contributed by atoms with Crippen LogP contribution in [0, 0.1) is 10.8 Å². The molecule has 23 heavy (non-hydrogen) atoms. The van der Waals surface area contributed by atoms with Crippen LogP contribution < -0.4 is 0 Å². The summed E-state index contributed by atoms with van der Waals surface area (Å²) in [6.45, 7) is 16.9. The van der Waals surface area contributed by atoms with Crippen molar-refractivity contribution < 1.29 is 29.0 Å². The predicted molar refractivity (Wildman–Crippen MR) is 109 cm³/mol. The third-order valence-electron chi connectivity index (χ3n) is 3.15. The maximum atomic E-state index is 5.31. The Morgan fingerprint density at radius 2 is 1.00 bits per heavy atom. The summed E-state index contributed by atoms with van der Waals surface area (Å²) in [7, 11) is 0. The molecule has 0 aromatic carbocycles. The van der Waals surface area contributed by atoms with E-state index < -0.39 is 0 Å². The Bertz CT molecular complexity index is 315. The van der Waals surface area contributed by atoms with Gasteiger partial charge in [0.2, 0.25) is 0 Å². The van der Waals surface area contributed by atoms with Gasteiger partial charge in [0.05, 0.1) is 0 Å². The molecule has 2 nitrogen and oxygen atoms in total. The van der Waals surface area contributed by atoms with Crippen LogP contribution in [0.25, 0.3) is 0 Å². The van der Waals surface area contributed by atoms with E-state index in [2.05, 4.69) is 55.4 Å². The number of thiocarbonyl (C=S) groups is 2. The zero-order valence-corrected chi connectivity index (χ0v) is 22.0. The van der Waals surface area contributed by atoms with Crippen molar-refractivity contribution in [3.63, 3.8) is 0 Å². The molecule has 0 aromatic heterocycles. The topological polar surface area (TPSA) is 18.5 Å². The average molecular weight is 448 g/mol. The number of hydrogen-bond donors (Lipinski definition) is 0. The van der Waals surface area contributed by atoms with Gasteiger partial charge in [0, 0.05) is 8.77 Å². The molecule has 2 unspecified atom stereocenters. The maximum Gasteiger partial charge on any atom is 2.00 e. The molecule has 0 rings (SSSR count). The Hall–Kier alpha value is 0.843. The molecule has 0 saturated heterocycles. The summed E-state index contributed by atoms with van der Waals surface area (Å²) in [5, 5.41) is 0. The first kappa shape index (κ1) is 28.6. The van der Waals surface area contributed by atoms with Crippen LogP contribution in [-0.4, -0.2) is 21.0 Å². The van der Waals surface area contributed by atoms with Crippen LogP contribution in [0.2, 0.25) is 0 Å². The van der Waals surface area contributed by atoms with Crippen LogP contribution in [0.5, 0.6) is 0 Å². The van der Waals surface area contributed by atoms with Crippen molar-refractivity contribution in [2.45, 2.75) is 80.4 Å². The monoisotopic (exact) mass is 446 g/mol. The minimum Gasteiger partial charge on any atom is -0.510 e. The summed E-state index contributed by atoms with van der Waals surface area (Å²) < 4.78 is 11.1. The smallest absolute Gasteiger partial charge is 0.510 e. The van der Waals surface area contributed by atoms with Crippen molar-refractivity contribution in [3.05, 3.63) is 0 Å². The predicted octanol–water partition coefficient (Wildman–Crippen LogP) is 5.32. The van der Waals surface area contributed by atoms with E-state index in [-0.39, 0.29) is 51.3 Å². The molecule has 0 aromatic rings. The largest absolute Gasteiger partial charge is 2.00 e. The maximum absolute atomic E-state index is 5.31. The molecule has 0 heterocycles. The van der Waals surface area contributed by atoms with E-state index in [1.165, 1.54) is 0 Å². The molecule has 0 N–H and O–H groups in total. The first-order valence-corrected chi connectivity index (χ1v) is 9.14. The summed E-state index contributed by atoms with van der Waals surface area (Å²) in [6.07, 6.45) is 2.18. The van der Waals surface area contributed by atoms with Gasteiger partial charge in [-0.3, -0.25) is 0 Å². The van der Waals surface area contributed by atoms with Crippen LogP contribution in [0.4, 0.5) is 0 Å². The standard InChI is InChI=1S/2C8H16OS2.Zn/c2*1-5-6(8(2,3)4)9-7(10)11;/h2*6H,5H2,1-4H3,(H,10,11);/q;;+2/p-2. The first-order chi connectivity index (χ1) is 9.75. The van der Waals surface area contributed by atoms with Crippen molar-refractivity contribution in [1.82, 2.24) is 0 Å². The molecule has 0 aliphatic rings. The minimum absolute atomic E-state index is 0. The fraction of sp³-hybridized carbons (Fsp3) is 0.875. The van der Waals surface area contributed by atoms with Crippen molar-refractivity contribution in [3.8, 4) is 0 Å². The Kier molecular flexibility index (Phi) is 16.3. The Morgan fingerprint density at radius 3 is 1.04 bits per heavy atom. The Balaban J connectivity index is -0.000000333. The van der Waals surface area contributed by atoms with Gasteiger partial charge in [-0.1, -0.05) is 55.4 Å². The zero-order chi connectivity index (χ0) is 18.1. The molecule has 132 valence electrons. The van der Waals surface area contributed by atoms with Crippen LogP contribution >= 0.6 is 24.4 Å². The van der Waals surface area contributed by atoms with Gasteiger partial charge in [-0.2, -0.15) is 0 Å². The molecule has 0 fully saturated rings. The van der Waals surface area contributed by atoms with Crippen molar-refractivity contribution in [2.24, 2.45) is 10.8 Å². The molecule has 0 amide bonds. The zero-order valence-electron chi connectivity index (χ0n) is 15.7. The summed E-state index contributed by atoms with van der Waals surface area (Å²) >= 11 is 18.8. The quantitative estimate of drug-likeness (QED) is 0.327. The van der Waals surface area contributed by atoms with E-state index in [4.69, 9.17) is 59.2 Å². The van der Waals surface area contributed by atoms with Crippen LogP contribution in [0.15, 0.2) is 0 Å². The summed E-state index contributed by atoms with van der Waals surface area (Å²) in [5.74, 6) is 0. The van der Waals surface area contributed by atoms with E-state index >= 15 is 0 Å². The second-order valence-corrected chi connectivity index (χ2v) is 9.26. The number of rotatable bonds is 4.